The number of carbonyl (C=O) groups excluding carboxylic acids is 1. The van der Waals surface area contributed by atoms with E-state index < -0.39 is 17.8 Å². The predicted octanol–water partition coefficient (Wildman–Crippen LogP) is 1.57. The summed E-state index contributed by atoms with van der Waals surface area (Å²) >= 11 is 3.09. The van der Waals surface area contributed by atoms with Gasteiger partial charge in [0.15, 0.2) is 6.10 Å². The molecule has 68 valence electrons. The van der Waals surface area contributed by atoms with E-state index in [2.05, 4.69) is 21.2 Å². The minimum absolute atomic E-state index is 0.275. The third-order valence-corrected chi connectivity index (χ3v) is 2.50. The number of aliphatic hydroxyl groups excluding tert-OH is 1. The Morgan fingerprint density at radius 2 is 2.23 bits per heavy atom. The van der Waals surface area contributed by atoms with E-state index in [0.717, 1.165) is 6.07 Å². The highest BCUT2D eigenvalue weighted by atomic mass is 79.9. The van der Waals surface area contributed by atoms with Crippen molar-refractivity contribution in [1.29, 1.82) is 0 Å². The van der Waals surface area contributed by atoms with E-state index >= 15 is 0 Å². The molecule has 1 aromatic carbocycles. The molecule has 0 aliphatic carbocycles. The van der Waals surface area contributed by atoms with Crippen LogP contribution in [0.25, 0.3) is 0 Å². The topological polar surface area (TPSA) is 49.3 Å². The second-order valence-electron chi connectivity index (χ2n) is 2.74. The highest BCUT2D eigenvalue weighted by molar-refractivity contribution is 9.10. The molecule has 0 saturated heterocycles. The lowest BCUT2D eigenvalue weighted by molar-refractivity contribution is -0.123. The van der Waals surface area contributed by atoms with Gasteiger partial charge in [0, 0.05) is 10.0 Å². The number of hydrogen-bond acceptors (Lipinski definition) is 2. The first-order valence-electron chi connectivity index (χ1n) is 3.57. The average Bonchev–Trinajstić information content (AvgIpc) is 2.32. The lowest BCUT2D eigenvalue weighted by atomic mass is 10.1. The van der Waals surface area contributed by atoms with E-state index in [-0.39, 0.29) is 5.56 Å². The molecule has 1 aliphatic rings. The van der Waals surface area contributed by atoms with Crippen molar-refractivity contribution in [3.05, 3.63) is 28.0 Å². The highest BCUT2D eigenvalue weighted by Crippen LogP contribution is 2.37. The molecule has 0 saturated carbocycles. The van der Waals surface area contributed by atoms with Crippen LogP contribution in [0.15, 0.2) is 16.6 Å². The van der Waals surface area contributed by atoms with Gasteiger partial charge in [-0.15, -0.1) is 0 Å². The smallest absolute Gasteiger partial charge is 0.257 e. The average molecular weight is 246 g/mol. The van der Waals surface area contributed by atoms with Crippen LogP contribution in [0.5, 0.6) is 0 Å². The van der Waals surface area contributed by atoms with Crippen molar-refractivity contribution in [2.45, 2.75) is 6.10 Å². The molecule has 0 aromatic heterocycles. The van der Waals surface area contributed by atoms with Crippen LogP contribution in [0.3, 0.4) is 0 Å². The van der Waals surface area contributed by atoms with Crippen molar-refractivity contribution in [1.82, 2.24) is 0 Å². The number of amides is 1. The summed E-state index contributed by atoms with van der Waals surface area (Å²) in [5.41, 5.74) is 0.718. The summed E-state index contributed by atoms with van der Waals surface area (Å²) in [5, 5.41) is 11.7. The fourth-order valence-electron chi connectivity index (χ4n) is 1.27. The molecule has 1 amide bonds. The van der Waals surface area contributed by atoms with Gasteiger partial charge in [-0.3, -0.25) is 4.79 Å². The molecule has 13 heavy (non-hydrogen) atoms. The SMILES string of the molecule is O=C1Nc2c(Br)cc(F)cc2C1O. The van der Waals surface area contributed by atoms with Gasteiger partial charge in [-0.05, 0) is 28.1 Å². The maximum Gasteiger partial charge on any atom is 0.257 e. The Morgan fingerprint density at radius 1 is 1.54 bits per heavy atom. The van der Waals surface area contributed by atoms with Crippen LogP contribution in [0.1, 0.15) is 11.7 Å². The summed E-state index contributed by atoms with van der Waals surface area (Å²) in [6, 6.07) is 2.37. The molecule has 5 heteroatoms. The fraction of sp³-hybridized carbons (Fsp3) is 0.125. The standard InChI is InChI=1S/C8H5BrFNO2/c9-5-2-3(10)1-4-6(5)11-8(13)7(4)12/h1-2,7,12H,(H,11,13). The van der Waals surface area contributed by atoms with Crippen LogP contribution < -0.4 is 5.32 Å². The van der Waals surface area contributed by atoms with Crippen molar-refractivity contribution in [2.75, 3.05) is 5.32 Å². The number of hydrogen-bond donors (Lipinski definition) is 2. The molecule has 1 heterocycles. The zero-order chi connectivity index (χ0) is 9.59. The second kappa shape index (κ2) is 2.78. The van der Waals surface area contributed by atoms with Gasteiger partial charge < -0.3 is 10.4 Å². The number of aliphatic hydroxyl groups is 1. The monoisotopic (exact) mass is 245 g/mol. The molecule has 0 radical (unpaired) electrons. The van der Waals surface area contributed by atoms with Gasteiger partial charge in [-0.2, -0.15) is 0 Å². The van der Waals surface area contributed by atoms with Gasteiger partial charge in [0.1, 0.15) is 5.82 Å². The molecular weight excluding hydrogens is 241 g/mol. The highest BCUT2D eigenvalue weighted by Gasteiger charge is 2.30. The Balaban J connectivity index is 2.63. The van der Waals surface area contributed by atoms with E-state index in [1.54, 1.807) is 0 Å². The maximum absolute atomic E-state index is 12.8. The lowest BCUT2D eigenvalue weighted by Gasteiger charge is -2.02. The molecule has 0 fully saturated rings. The molecule has 0 bridgehead atoms. The fourth-order valence-corrected chi connectivity index (χ4v) is 1.82. The molecular formula is C8H5BrFNO2. The first-order valence-corrected chi connectivity index (χ1v) is 4.37. The van der Waals surface area contributed by atoms with Crippen LogP contribution in [0, 0.1) is 5.82 Å². The molecule has 2 rings (SSSR count). The van der Waals surface area contributed by atoms with E-state index in [0.29, 0.717) is 10.2 Å². The van der Waals surface area contributed by atoms with Crippen molar-refractivity contribution >= 4 is 27.5 Å². The zero-order valence-corrected chi connectivity index (χ0v) is 7.93. The molecule has 1 aromatic rings. The second-order valence-corrected chi connectivity index (χ2v) is 3.60. The first-order chi connectivity index (χ1) is 6.09. The summed E-state index contributed by atoms with van der Waals surface area (Å²) in [5.74, 6) is -1.01. The van der Waals surface area contributed by atoms with Crippen molar-refractivity contribution in [3.8, 4) is 0 Å². The van der Waals surface area contributed by atoms with E-state index in [1.807, 2.05) is 0 Å². The molecule has 0 spiro atoms. The van der Waals surface area contributed by atoms with Gasteiger partial charge in [0.05, 0.1) is 5.69 Å². The Hall–Kier alpha value is -0.940. The summed E-state index contributed by atoms with van der Waals surface area (Å²) in [4.78, 5) is 11.0. The molecule has 1 unspecified atom stereocenters. The number of carbonyl (C=O) groups is 1. The minimum atomic E-state index is -1.26. The summed E-state index contributed by atoms with van der Waals surface area (Å²) in [6.07, 6.45) is -1.26. The quantitative estimate of drug-likeness (QED) is 0.730. The van der Waals surface area contributed by atoms with Gasteiger partial charge in [-0.25, -0.2) is 4.39 Å². The minimum Gasteiger partial charge on any atom is -0.378 e. The number of anilines is 1. The van der Waals surface area contributed by atoms with Gasteiger partial charge in [-0.1, -0.05) is 0 Å². The predicted molar refractivity (Wildman–Crippen MR) is 47.7 cm³/mol. The summed E-state index contributed by atoms with van der Waals surface area (Å²) in [6.45, 7) is 0. The Labute approximate surface area is 81.7 Å². The Kier molecular flexibility index (Phi) is 1.85. The molecule has 3 nitrogen and oxygen atoms in total. The lowest BCUT2D eigenvalue weighted by Crippen LogP contribution is -2.10. The van der Waals surface area contributed by atoms with Crippen molar-refractivity contribution in [3.63, 3.8) is 0 Å². The third-order valence-electron chi connectivity index (χ3n) is 1.88. The van der Waals surface area contributed by atoms with Gasteiger partial charge in [0.25, 0.3) is 5.91 Å². The van der Waals surface area contributed by atoms with Crippen LogP contribution in [0.2, 0.25) is 0 Å². The Morgan fingerprint density at radius 3 is 2.92 bits per heavy atom. The van der Waals surface area contributed by atoms with E-state index in [9.17, 15) is 14.3 Å². The van der Waals surface area contributed by atoms with Gasteiger partial charge in [0.2, 0.25) is 0 Å². The third kappa shape index (κ3) is 1.24. The number of benzene rings is 1. The summed E-state index contributed by atoms with van der Waals surface area (Å²) < 4.78 is 13.3. The van der Waals surface area contributed by atoms with Crippen molar-refractivity contribution in [2.24, 2.45) is 0 Å². The summed E-state index contributed by atoms with van der Waals surface area (Å²) in [7, 11) is 0. The number of nitrogens with one attached hydrogen (secondary N) is 1. The number of fused-ring (bicyclic) bond motifs is 1. The Bertz CT molecular complexity index is 394. The maximum atomic E-state index is 12.8. The van der Waals surface area contributed by atoms with Crippen LogP contribution in [-0.2, 0) is 4.79 Å². The molecule has 2 N–H and O–H groups in total. The number of rotatable bonds is 0. The first kappa shape index (κ1) is 8.65. The van der Waals surface area contributed by atoms with E-state index in [1.165, 1.54) is 6.07 Å². The van der Waals surface area contributed by atoms with Crippen LogP contribution in [0.4, 0.5) is 10.1 Å². The van der Waals surface area contributed by atoms with Gasteiger partial charge >= 0.3 is 0 Å². The van der Waals surface area contributed by atoms with Crippen molar-refractivity contribution < 1.29 is 14.3 Å². The zero-order valence-electron chi connectivity index (χ0n) is 6.34. The van der Waals surface area contributed by atoms with E-state index in [4.69, 9.17) is 0 Å². The molecule has 1 atom stereocenters. The number of halogens is 2. The molecule has 1 aliphatic heterocycles. The largest absolute Gasteiger partial charge is 0.378 e. The normalized spacial score (nSPS) is 19.9. The van der Waals surface area contributed by atoms with Crippen LogP contribution >= 0.6 is 15.9 Å². The van der Waals surface area contributed by atoms with Crippen LogP contribution in [-0.4, -0.2) is 11.0 Å².